The maximum Gasteiger partial charge on any atom is 0.0597 e. The SMILES string of the molecule is Cl.Cl.Cl.Nc1ccc2c(c1)NCCN2. The fourth-order valence-corrected chi connectivity index (χ4v) is 1.26. The first-order valence-electron chi connectivity index (χ1n) is 3.73. The first-order valence-corrected chi connectivity index (χ1v) is 3.73. The highest BCUT2D eigenvalue weighted by Crippen LogP contribution is 2.25. The van der Waals surface area contributed by atoms with Gasteiger partial charge in [-0.1, -0.05) is 0 Å². The van der Waals surface area contributed by atoms with Gasteiger partial charge in [-0.2, -0.15) is 0 Å². The highest BCUT2D eigenvalue weighted by molar-refractivity contribution is 5.86. The zero-order valence-electron chi connectivity index (χ0n) is 7.45. The lowest BCUT2D eigenvalue weighted by Gasteiger charge is -2.19. The molecule has 4 N–H and O–H groups in total. The van der Waals surface area contributed by atoms with E-state index < -0.39 is 0 Å². The molecule has 0 aliphatic carbocycles. The monoisotopic (exact) mass is 257 g/mol. The smallest absolute Gasteiger partial charge is 0.0597 e. The van der Waals surface area contributed by atoms with E-state index >= 15 is 0 Å². The molecule has 0 spiro atoms. The van der Waals surface area contributed by atoms with E-state index in [1.54, 1.807) is 0 Å². The van der Waals surface area contributed by atoms with Crippen molar-refractivity contribution in [3.8, 4) is 0 Å². The molecular weight excluding hydrogens is 244 g/mol. The number of rotatable bonds is 0. The summed E-state index contributed by atoms with van der Waals surface area (Å²) in [6.07, 6.45) is 0. The molecule has 1 aliphatic heterocycles. The Labute approximate surface area is 102 Å². The Morgan fingerprint density at radius 3 is 2.14 bits per heavy atom. The molecule has 2 rings (SSSR count). The normalized spacial score (nSPS) is 11.4. The van der Waals surface area contributed by atoms with E-state index in [0.29, 0.717) is 0 Å². The van der Waals surface area contributed by atoms with Crippen molar-refractivity contribution in [2.45, 2.75) is 0 Å². The van der Waals surface area contributed by atoms with Crippen LogP contribution in [0.2, 0.25) is 0 Å². The van der Waals surface area contributed by atoms with Gasteiger partial charge < -0.3 is 16.4 Å². The minimum absolute atomic E-state index is 0. The lowest BCUT2D eigenvalue weighted by molar-refractivity contribution is 1.05. The third kappa shape index (κ3) is 3.33. The van der Waals surface area contributed by atoms with Crippen LogP contribution >= 0.6 is 37.2 Å². The van der Waals surface area contributed by atoms with Crippen LogP contribution in [0.5, 0.6) is 0 Å². The fourth-order valence-electron chi connectivity index (χ4n) is 1.26. The van der Waals surface area contributed by atoms with Crippen molar-refractivity contribution in [1.29, 1.82) is 0 Å². The number of hydrogen-bond acceptors (Lipinski definition) is 3. The van der Waals surface area contributed by atoms with Crippen LogP contribution in [0, 0.1) is 0 Å². The number of hydrogen-bond donors (Lipinski definition) is 3. The molecule has 1 heterocycles. The fraction of sp³-hybridized carbons (Fsp3) is 0.250. The summed E-state index contributed by atoms with van der Waals surface area (Å²) in [6.45, 7) is 1.95. The highest BCUT2D eigenvalue weighted by atomic mass is 35.5. The molecular formula is C8H14Cl3N3. The molecule has 0 radical (unpaired) electrons. The van der Waals surface area contributed by atoms with Crippen LogP contribution in [0.25, 0.3) is 0 Å². The molecule has 0 saturated carbocycles. The summed E-state index contributed by atoms with van der Waals surface area (Å²) < 4.78 is 0. The highest BCUT2D eigenvalue weighted by Gasteiger charge is 2.05. The molecule has 0 amide bonds. The van der Waals surface area contributed by atoms with Crippen molar-refractivity contribution in [3.63, 3.8) is 0 Å². The van der Waals surface area contributed by atoms with Gasteiger partial charge in [-0.25, -0.2) is 0 Å². The van der Waals surface area contributed by atoms with Gasteiger partial charge in [-0.15, -0.1) is 37.2 Å². The van der Waals surface area contributed by atoms with E-state index in [0.717, 1.165) is 30.2 Å². The molecule has 3 nitrogen and oxygen atoms in total. The quantitative estimate of drug-likeness (QED) is 0.626. The van der Waals surface area contributed by atoms with Gasteiger partial charge in [-0.05, 0) is 18.2 Å². The molecule has 1 aromatic rings. The van der Waals surface area contributed by atoms with E-state index in [2.05, 4.69) is 10.6 Å². The lowest BCUT2D eigenvalue weighted by atomic mass is 10.2. The van der Waals surface area contributed by atoms with Gasteiger partial charge in [0.25, 0.3) is 0 Å². The molecule has 0 atom stereocenters. The summed E-state index contributed by atoms with van der Waals surface area (Å²) in [7, 11) is 0. The molecule has 0 saturated heterocycles. The largest absolute Gasteiger partial charge is 0.399 e. The molecule has 1 aromatic carbocycles. The van der Waals surface area contributed by atoms with Crippen LogP contribution in [-0.2, 0) is 0 Å². The average molecular weight is 259 g/mol. The minimum Gasteiger partial charge on any atom is -0.399 e. The second kappa shape index (κ2) is 6.87. The zero-order chi connectivity index (χ0) is 7.68. The van der Waals surface area contributed by atoms with Crippen LogP contribution in [-0.4, -0.2) is 13.1 Å². The summed E-state index contributed by atoms with van der Waals surface area (Å²) >= 11 is 0. The van der Waals surface area contributed by atoms with Crippen LogP contribution in [0.3, 0.4) is 0 Å². The number of halogens is 3. The van der Waals surface area contributed by atoms with E-state index in [-0.39, 0.29) is 37.2 Å². The Morgan fingerprint density at radius 2 is 1.50 bits per heavy atom. The van der Waals surface area contributed by atoms with Crippen LogP contribution in [0.4, 0.5) is 17.1 Å². The van der Waals surface area contributed by atoms with Crippen LogP contribution in [0.15, 0.2) is 18.2 Å². The first kappa shape index (κ1) is 15.9. The van der Waals surface area contributed by atoms with Gasteiger partial charge in [0.15, 0.2) is 0 Å². The predicted molar refractivity (Wildman–Crippen MR) is 69.6 cm³/mol. The second-order valence-corrected chi connectivity index (χ2v) is 2.66. The number of nitrogens with one attached hydrogen (secondary N) is 2. The Kier molecular flexibility index (Phi) is 7.82. The number of nitrogen functional groups attached to an aromatic ring is 1. The third-order valence-electron chi connectivity index (χ3n) is 1.80. The number of benzene rings is 1. The van der Waals surface area contributed by atoms with Crippen LogP contribution in [0.1, 0.15) is 0 Å². The van der Waals surface area contributed by atoms with E-state index in [1.807, 2.05) is 18.2 Å². The number of anilines is 3. The van der Waals surface area contributed by atoms with Crippen molar-refractivity contribution in [3.05, 3.63) is 18.2 Å². The molecule has 82 valence electrons. The van der Waals surface area contributed by atoms with Gasteiger partial charge in [0.2, 0.25) is 0 Å². The topological polar surface area (TPSA) is 50.1 Å². The van der Waals surface area contributed by atoms with Gasteiger partial charge in [0.05, 0.1) is 11.4 Å². The molecule has 0 fully saturated rings. The standard InChI is InChI=1S/C8H11N3.3ClH/c9-6-1-2-7-8(5-6)11-4-3-10-7;;;/h1-2,5,10-11H,3-4,9H2;3*1H. The van der Waals surface area contributed by atoms with Crippen molar-refractivity contribution >= 4 is 54.3 Å². The Morgan fingerprint density at radius 1 is 0.929 bits per heavy atom. The van der Waals surface area contributed by atoms with Crippen molar-refractivity contribution in [1.82, 2.24) is 0 Å². The van der Waals surface area contributed by atoms with Crippen molar-refractivity contribution in [2.75, 3.05) is 29.5 Å². The summed E-state index contributed by atoms with van der Waals surface area (Å²) in [5, 5.41) is 6.53. The number of fused-ring (bicyclic) bond motifs is 1. The summed E-state index contributed by atoms with van der Waals surface area (Å²) in [5.74, 6) is 0. The molecule has 0 bridgehead atoms. The maximum absolute atomic E-state index is 5.61. The molecule has 0 aromatic heterocycles. The van der Waals surface area contributed by atoms with E-state index in [1.165, 1.54) is 0 Å². The van der Waals surface area contributed by atoms with Gasteiger partial charge in [0, 0.05) is 18.8 Å². The summed E-state index contributed by atoms with van der Waals surface area (Å²) in [4.78, 5) is 0. The molecule has 0 unspecified atom stereocenters. The van der Waals surface area contributed by atoms with Gasteiger partial charge >= 0.3 is 0 Å². The Bertz CT molecular complexity index is 281. The van der Waals surface area contributed by atoms with Gasteiger partial charge in [-0.3, -0.25) is 0 Å². The predicted octanol–water partition coefficient (Wildman–Crippen LogP) is 2.37. The zero-order valence-corrected chi connectivity index (χ0v) is 9.90. The molecule has 6 heteroatoms. The third-order valence-corrected chi connectivity index (χ3v) is 1.80. The number of nitrogens with two attached hydrogens (primary N) is 1. The van der Waals surface area contributed by atoms with E-state index in [4.69, 9.17) is 5.73 Å². The first-order chi connectivity index (χ1) is 5.36. The Balaban J connectivity index is 0. The van der Waals surface area contributed by atoms with Gasteiger partial charge in [0.1, 0.15) is 0 Å². The van der Waals surface area contributed by atoms with Crippen molar-refractivity contribution in [2.24, 2.45) is 0 Å². The molecule has 14 heavy (non-hydrogen) atoms. The minimum atomic E-state index is 0. The maximum atomic E-state index is 5.61. The average Bonchev–Trinajstić information content (AvgIpc) is 2.04. The molecule has 1 aliphatic rings. The summed E-state index contributed by atoms with van der Waals surface area (Å²) in [5.41, 5.74) is 8.67. The Hall–Kier alpha value is -0.510. The van der Waals surface area contributed by atoms with Crippen molar-refractivity contribution < 1.29 is 0 Å². The van der Waals surface area contributed by atoms with E-state index in [9.17, 15) is 0 Å². The second-order valence-electron chi connectivity index (χ2n) is 2.66. The lowest BCUT2D eigenvalue weighted by Crippen LogP contribution is -2.20. The summed E-state index contributed by atoms with van der Waals surface area (Å²) in [6, 6.07) is 5.84. The van der Waals surface area contributed by atoms with Crippen LogP contribution < -0.4 is 16.4 Å².